The van der Waals surface area contributed by atoms with Gasteiger partial charge in [-0.25, -0.2) is 0 Å². The second-order valence-electron chi connectivity index (χ2n) is 12.3. The number of aryl methyl sites for hydroxylation is 2. The molecule has 0 saturated heterocycles. The van der Waals surface area contributed by atoms with E-state index in [2.05, 4.69) is 168 Å². The van der Waals surface area contributed by atoms with Gasteiger partial charge >= 0.3 is 0 Å². The summed E-state index contributed by atoms with van der Waals surface area (Å²) in [6.07, 6.45) is 5.80. The van der Waals surface area contributed by atoms with Gasteiger partial charge in [0.25, 0.3) is 0 Å². The number of H-pyrrole nitrogens is 2. The van der Waals surface area contributed by atoms with E-state index in [1.807, 2.05) is 0 Å². The SMILES string of the molecule is C/C=C\c1op(CCp2[nH]c3ccc4ccccc4c3c3c(ccc4ccccc43)o2)[nH]c2ccc3ccccc3c2c1-c1ccccc1. The second kappa shape index (κ2) is 12.6. The summed E-state index contributed by atoms with van der Waals surface area (Å²) >= 11 is 0. The summed E-state index contributed by atoms with van der Waals surface area (Å²) < 4.78 is 21.7. The molecule has 0 amide bonds. The zero-order valence-electron chi connectivity index (χ0n) is 27.1. The highest BCUT2D eigenvalue weighted by atomic mass is 31.1. The number of nitrogens with one attached hydrogen (secondary N) is 2. The molecule has 4 nitrogen and oxygen atoms in total. The zero-order chi connectivity index (χ0) is 32.7. The van der Waals surface area contributed by atoms with Gasteiger partial charge in [0.1, 0.15) is 27.2 Å². The highest BCUT2D eigenvalue weighted by Gasteiger charge is 2.16. The number of allylic oxidation sites excluding steroid dienone is 1. The van der Waals surface area contributed by atoms with Crippen LogP contribution in [0.4, 0.5) is 0 Å². The van der Waals surface area contributed by atoms with E-state index in [0.29, 0.717) is 0 Å². The normalized spacial score (nSPS) is 12.6. The van der Waals surface area contributed by atoms with E-state index < -0.39 is 15.9 Å². The largest absolute Gasteiger partial charge is 0.434 e. The molecule has 9 rings (SSSR count). The topological polar surface area (TPSA) is 57.9 Å². The highest BCUT2D eigenvalue weighted by molar-refractivity contribution is 7.42. The highest BCUT2D eigenvalue weighted by Crippen LogP contribution is 2.44. The third-order valence-corrected chi connectivity index (χ3v) is 12.7. The van der Waals surface area contributed by atoms with Crippen molar-refractivity contribution in [2.75, 3.05) is 0 Å². The van der Waals surface area contributed by atoms with Crippen LogP contribution in [0.5, 0.6) is 0 Å². The van der Waals surface area contributed by atoms with Crippen LogP contribution in [-0.4, -0.2) is 9.49 Å². The van der Waals surface area contributed by atoms with Crippen LogP contribution in [0.2, 0.25) is 0 Å². The van der Waals surface area contributed by atoms with Crippen molar-refractivity contribution in [3.8, 4) is 11.1 Å². The molecule has 0 spiro atoms. The Balaban J connectivity index is 1.26. The van der Waals surface area contributed by atoms with Crippen molar-refractivity contribution in [3.63, 3.8) is 0 Å². The number of aromatic amines is 2. The third kappa shape index (κ3) is 5.35. The molecule has 0 bridgehead atoms. The van der Waals surface area contributed by atoms with Crippen molar-refractivity contribution in [1.29, 1.82) is 0 Å². The van der Waals surface area contributed by atoms with Crippen molar-refractivity contribution >= 4 is 87.0 Å². The van der Waals surface area contributed by atoms with E-state index in [9.17, 15) is 0 Å². The Hall–Kier alpha value is -5.40. The molecule has 2 unspecified atom stereocenters. The maximum Gasteiger partial charge on any atom is 0.141 e. The molecule has 0 radical (unpaired) electrons. The smallest absolute Gasteiger partial charge is 0.141 e. The summed E-state index contributed by atoms with van der Waals surface area (Å²) in [5, 5.41) is 10.8. The van der Waals surface area contributed by atoms with Gasteiger partial charge in [0.2, 0.25) is 0 Å². The Kier molecular flexibility index (Phi) is 7.62. The van der Waals surface area contributed by atoms with Crippen molar-refractivity contribution in [2.24, 2.45) is 0 Å². The first kappa shape index (κ1) is 29.7. The first-order valence-electron chi connectivity index (χ1n) is 16.7. The molecule has 49 heavy (non-hydrogen) atoms. The van der Waals surface area contributed by atoms with Crippen LogP contribution in [0.25, 0.3) is 82.3 Å². The summed E-state index contributed by atoms with van der Waals surface area (Å²) in [4.78, 5) is 0. The van der Waals surface area contributed by atoms with Gasteiger partial charge in [-0.2, -0.15) is 0 Å². The van der Waals surface area contributed by atoms with Crippen LogP contribution < -0.4 is 0 Å². The van der Waals surface area contributed by atoms with Crippen LogP contribution in [0.15, 0.2) is 154 Å². The zero-order valence-corrected chi connectivity index (χ0v) is 28.8. The van der Waals surface area contributed by atoms with Gasteiger partial charge < -0.3 is 17.9 Å². The lowest BCUT2D eigenvalue weighted by Gasteiger charge is -2.08. The fraction of sp³-hybridized carbons (Fsp3) is 0.0698. The summed E-state index contributed by atoms with van der Waals surface area (Å²) in [6, 6.07) is 49.7. The van der Waals surface area contributed by atoms with E-state index in [4.69, 9.17) is 8.39 Å². The molecule has 9 aromatic rings. The lowest BCUT2D eigenvalue weighted by atomic mass is 9.96. The Morgan fingerprint density at radius 2 is 1.02 bits per heavy atom. The predicted octanol–water partition coefficient (Wildman–Crippen LogP) is 14.1. The van der Waals surface area contributed by atoms with Crippen molar-refractivity contribution in [3.05, 3.63) is 151 Å². The predicted molar refractivity (Wildman–Crippen MR) is 212 cm³/mol. The summed E-state index contributed by atoms with van der Waals surface area (Å²) in [5.41, 5.74) is 5.38. The van der Waals surface area contributed by atoms with Gasteiger partial charge in [-0.1, -0.05) is 127 Å². The number of rotatable bonds is 5. The average Bonchev–Trinajstić information content (AvgIpc) is 3.42. The number of hydrogen-bond acceptors (Lipinski definition) is 2. The van der Waals surface area contributed by atoms with Crippen LogP contribution in [0.3, 0.4) is 0 Å². The fourth-order valence-corrected chi connectivity index (χ4v) is 10.8. The van der Waals surface area contributed by atoms with Crippen molar-refractivity contribution in [1.82, 2.24) is 9.49 Å². The van der Waals surface area contributed by atoms with E-state index in [1.54, 1.807) is 0 Å². The van der Waals surface area contributed by atoms with Gasteiger partial charge in [-0.3, -0.25) is 0 Å². The monoisotopic (exact) mass is 672 g/mol. The maximum absolute atomic E-state index is 7.00. The van der Waals surface area contributed by atoms with Gasteiger partial charge in [0.05, 0.1) is 11.0 Å². The van der Waals surface area contributed by atoms with Gasteiger partial charge in [-0.15, -0.1) is 0 Å². The molecule has 2 aromatic heterocycles. The fourth-order valence-electron chi connectivity index (χ4n) is 7.12. The van der Waals surface area contributed by atoms with Gasteiger partial charge in [0, 0.05) is 34.0 Å². The van der Waals surface area contributed by atoms with Gasteiger partial charge in [0.15, 0.2) is 0 Å². The molecule has 0 saturated carbocycles. The van der Waals surface area contributed by atoms with Crippen molar-refractivity contribution in [2.45, 2.75) is 19.2 Å². The molecule has 238 valence electrons. The average molecular weight is 673 g/mol. The van der Waals surface area contributed by atoms with Gasteiger partial charge in [-0.05, 0) is 69.1 Å². The van der Waals surface area contributed by atoms with Crippen molar-refractivity contribution < 1.29 is 8.39 Å². The molecule has 2 atom stereocenters. The molecular weight excluding hydrogens is 638 g/mol. The number of hydrogen-bond donors (Lipinski definition) is 2. The summed E-state index contributed by atoms with van der Waals surface area (Å²) in [5.74, 6) is 0.888. The molecule has 0 fully saturated rings. The summed E-state index contributed by atoms with van der Waals surface area (Å²) in [7, 11) is -2.17. The molecule has 7 aromatic carbocycles. The van der Waals surface area contributed by atoms with E-state index in [1.165, 1.54) is 43.1 Å². The van der Waals surface area contributed by atoms with Crippen LogP contribution in [0, 0.1) is 0 Å². The number of aromatic nitrogens is 2. The lowest BCUT2D eigenvalue weighted by Crippen LogP contribution is -1.85. The van der Waals surface area contributed by atoms with Crippen LogP contribution in [-0.2, 0) is 12.3 Å². The quantitative estimate of drug-likeness (QED) is 0.191. The standard InChI is InChI=1S/C43H34N2O2P2/c1-2-12-38-40(32-16-4-3-5-17-32)41-33-18-9-6-13-29(33)21-24-36(41)44-48(46-38)27-28-49-45-37-25-22-30-14-7-10-19-34(30)42(37)43-35-20-11-8-15-31(35)23-26-39(43)47-49/h2-26,44-45H,27-28H2,1H3/b12-2-. The van der Waals surface area contributed by atoms with Crippen LogP contribution >= 0.6 is 15.9 Å². The third-order valence-electron chi connectivity index (χ3n) is 9.29. The molecule has 0 aliphatic heterocycles. The van der Waals surface area contributed by atoms with E-state index in [0.717, 1.165) is 51.2 Å². The first-order chi connectivity index (χ1) is 24.2. The minimum atomic E-state index is -1.10. The molecule has 6 heteroatoms. The Bertz CT molecular complexity index is 2700. The minimum absolute atomic E-state index is 0.801. The molecule has 2 N–H and O–H groups in total. The van der Waals surface area contributed by atoms with E-state index >= 15 is 0 Å². The Morgan fingerprint density at radius 3 is 1.65 bits per heavy atom. The number of benzene rings is 7. The molecule has 0 aliphatic carbocycles. The Morgan fingerprint density at radius 1 is 0.510 bits per heavy atom. The molecule has 0 aliphatic rings. The molecule has 2 heterocycles. The second-order valence-corrected chi connectivity index (χ2v) is 15.5. The maximum atomic E-state index is 7.00. The minimum Gasteiger partial charge on any atom is -0.434 e. The first-order valence-corrected chi connectivity index (χ1v) is 19.6. The summed E-state index contributed by atoms with van der Waals surface area (Å²) in [6.45, 7) is 2.05. The number of fused-ring (bicyclic) bond motifs is 10. The van der Waals surface area contributed by atoms with E-state index in [-0.39, 0.29) is 0 Å². The Labute approximate surface area is 285 Å². The lowest BCUT2D eigenvalue weighted by molar-refractivity contribution is 0.657. The molecular formula is C43H34N2O2P2. The van der Waals surface area contributed by atoms with Crippen LogP contribution in [0.1, 0.15) is 12.7 Å².